The van der Waals surface area contributed by atoms with Crippen LogP contribution in [0, 0.1) is 5.82 Å². The normalized spacial score (nSPS) is 11.9. The van der Waals surface area contributed by atoms with Crippen LogP contribution in [0.5, 0.6) is 17.2 Å². The van der Waals surface area contributed by atoms with E-state index in [1.54, 1.807) is 36.4 Å². The fourth-order valence-corrected chi connectivity index (χ4v) is 4.47. The highest BCUT2D eigenvalue weighted by Gasteiger charge is 2.35. The van der Waals surface area contributed by atoms with Gasteiger partial charge in [-0.1, -0.05) is 18.2 Å². The molecule has 0 aliphatic carbocycles. The number of phenolic OH excluding ortho intramolecular Hbond substituents is 1. The number of ketones is 1. The summed E-state index contributed by atoms with van der Waals surface area (Å²) in [4.78, 5) is 11.3. The molecule has 3 aromatic carbocycles. The van der Waals surface area contributed by atoms with Crippen LogP contribution in [0.1, 0.15) is 18.1 Å². The van der Waals surface area contributed by atoms with Crippen molar-refractivity contribution in [3.63, 3.8) is 0 Å². The Bertz CT molecular complexity index is 1370. The van der Waals surface area contributed by atoms with Crippen LogP contribution in [0.4, 0.5) is 17.6 Å². The molecular formula is C25H16F4O3S. The fraction of sp³-hybridized carbons (Fsp3) is 0.0800. The topological polar surface area (TPSA) is 46.5 Å². The van der Waals surface area contributed by atoms with Gasteiger partial charge in [0.1, 0.15) is 17.3 Å². The molecule has 1 N–H and O–H groups in total. The number of hydrogen-bond donors (Lipinski definition) is 1. The quantitative estimate of drug-likeness (QED) is 0.238. The molecule has 0 bridgehead atoms. The van der Waals surface area contributed by atoms with Gasteiger partial charge in [0.25, 0.3) is 0 Å². The summed E-state index contributed by atoms with van der Waals surface area (Å²) in [7, 11) is 0. The van der Waals surface area contributed by atoms with Gasteiger partial charge in [-0.25, -0.2) is 4.39 Å². The van der Waals surface area contributed by atoms with E-state index >= 15 is 0 Å². The molecule has 0 spiro atoms. The van der Waals surface area contributed by atoms with Crippen molar-refractivity contribution in [2.45, 2.75) is 13.1 Å². The zero-order valence-electron chi connectivity index (χ0n) is 17.1. The van der Waals surface area contributed by atoms with Gasteiger partial charge in [0.05, 0.1) is 10.4 Å². The number of carbonyl (C=O) groups excluding carboxylic acids is 1. The molecule has 4 rings (SSSR count). The minimum atomic E-state index is -4.78. The number of thiophene rings is 1. The lowest BCUT2D eigenvalue weighted by Crippen LogP contribution is -2.07. The maximum atomic E-state index is 13.7. The first-order valence-corrected chi connectivity index (χ1v) is 10.5. The van der Waals surface area contributed by atoms with Crippen molar-refractivity contribution in [1.29, 1.82) is 0 Å². The molecule has 0 aliphatic heterocycles. The summed E-state index contributed by atoms with van der Waals surface area (Å²) >= 11 is 1.00. The Morgan fingerprint density at radius 1 is 1.03 bits per heavy atom. The first-order valence-electron chi connectivity index (χ1n) is 9.71. The number of fused-ring (bicyclic) bond motifs is 1. The maximum absolute atomic E-state index is 13.7. The molecule has 0 unspecified atom stereocenters. The lowest BCUT2D eigenvalue weighted by molar-refractivity contribution is -0.137. The predicted molar refractivity (Wildman–Crippen MR) is 120 cm³/mol. The molecule has 0 amide bonds. The molecule has 0 saturated carbocycles. The Hall–Kier alpha value is -3.65. The summed E-state index contributed by atoms with van der Waals surface area (Å²) in [6, 6.07) is 13.6. The van der Waals surface area contributed by atoms with E-state index in [4.69, 9.17) is 4.74 Å². The third-order valence-electron chi connectivity index (χ3n) is 4.77. The molecule has 0 atom stereocenters. The molecule has 0 fully saturated rings. The summed E-state index contributed by atoms with van der Waals surface area (Å²) in [6.45, 7) is 1.43. The van der Waals surface area contributed by atoms with E-state index < -0.39 is 17.6 Å². The highest BCUT2D eigenvalue weighted by Crippen LogP contribution is 2.50. The molecule has 1 aromatic heterocycles. The molecule has 168 valence electrons. The predicted octanol–water partition coefficient (Wildman–Crippen LogP) is 7.83. The second-order valence-corrected chi connectivity index (χ2v) is 8.30. The van der Waals surface area contributed by atoms with Crippen LogP contribution in [-0.4, -0.2) is 10.9 Å². The lowest BCUT2D eigenvalue weighted by Gasteiger charge is -2.14. The number of halogens is 4. The molecule has 4 aromatic rings. The van der Waals surface area contributed by atoms with Crippen molar-refractivity contribution in [2.75, 3.05) is 0 Å². The third kappa shape index (κ3) is 4.90. The van der Waals surface area contributed by atoms with Crippen LogP contribution < -0.4 is 4.74 Å². The van der Waals surface area contributed by atoms with Gasteiger partial charge in [0.2, 0.25) is 0 Å². The summed E-state index contributed by atoms with van der Waals surface area (Å²) < 4.78 is 61.3. The minimum absolute atomic E-state index is 0.0430. The van der Waals surface area contributed by atoms with E-state index in [1.165, 1.54) is 25.1 Å². The molecule has 1 heterocycles. The van der Waals surface area contributed by atoms with Crippen molar-refractivity contribution in [2.24, 2.45) is 0 Å². The molecule has 0 saturated heterocycles. The number of allylic oxidation sites excluding steroid dienone is 1. The molecule has 3 nitrogen and oxygen atoms in total. The van der Waals surface area contributed by atoms with E-state index in [9.17, 15) is 27.5 Å². The van der Waals surface area contributed by atoms with Crippen LogP contribution in [0.25, 0.3) is 26.6 Å². The van der Waals surface area contributed by atoms with E-state index in [1.807, 2.05) is 0 Å². The van der Waals surface area contributed by atoms with Gasteiger partial charge in [-0.15, -0.1) is 11.3 Å². The van der Waals surface area contributed by atoms with Crippen LogP contribution in [0.3, 0.4) is 0 Å². The van der Waals surface area contributed by atoms with E-state index in [0.717, 1.165) is 29.0 Å². The van der Waals surface area contributed by atoms with E-state index in [0.29, 0.717) is 21.9 Å². The fourth-order valence-electron chi connectivity index (χ4n) is 3.27. The SMILES string of the molecule is CC(=O)/C=C/c1ccc(Oc2c(-c3ccc(F)cc3C(F)(F)F)sc3cc(O)ccc23)cc1. The van der Waals surface area contributed by atoms with Gasteiger partial charge in [-0.3, -0.25) is 4.79 Å². The van der Waals surface area contributed by atoms with Gasteiger partial charge in [-0.05, 0) is 67.1 Å². The maximum Gasteiger partial charge on any atom is 0.417 e. The molecule has 0 radical (unpaired) electrons. The highest BCUT2D eigenvalue weighted by molar-refractivity contribution is 7.22. The number of alkyl halides is 3. The Balaban J connectivity index is 1.84. The molecule has 0 aliphatic rings. The molecular weight excluding hydrogens is 456 g/mol. The number of ether oxygens (including phenoxy) is 1. The number of rotatable bonds is 5. The van der Waals surface area contributed by atoms with Gasteiger partial charge in [0.15, 0.2) is 11.5 Å². The summed E-state index contributed by atoms with van der Waals surface area (Å²) in [6.07, 6.45) is -1.73. The van der Waals surface area contributed by atoms with Crippen molar-refractivity contribution >= 4 is 33.3 Å². The van der Waals surface area contributed by atoms with Crippen LogP contribution in [0.2, 0.25) is 0 Å². The summed E-state index contributed by atoms with van der Waals surface area (Å²) in [5.41, 5.74) is -0.593. The Labute approximate surface area is 190 Å². The molecule has 33 heavy (non-hydrogen) atoms. The lowest BCUT2D eigenvalue weighted by atomic mass is 10.0. The summed E-state index contributed by atoms with van der Waals surface area (Å²) in [5.74, 6) is -0.619. The monoisotopic (exact) mass is 472 g/mol. The minimum Gasteiger partial charge on any atom is -0.508 e. The number of carbonyl (C=O) groups is 1. The van der Waals surface area contributed by atoms with Crippen molar-refractivity contribution in [1.82, 2.24) is 0 Å². The number of hydrogen-bond acceptors (Lipinski definition) is 4. The summed E-state index contributed by atoms with van der Waals surface area (Å²) in [5, 5.41) is 10.3. The first kappa shape index (κ1) is 22.5. The Morgan fingerprint density at radius 2 is 1.76 bits per heavy atom. The third-order valence-corrected chi connectivity index (χ3v) is 5.94. The van der Waals surface area contributed by atoms with Gasteiger partial charge >= 0.3 is 6.18 Å². The average Bonchev–Trinajstić information content (AvgIpc) is 3.09. The number of aromatic hydroxyl groups is 1. The number of phenols is 1. The second kappa shape index (κ2) is 8.71. The van der Waals surface area contributed by atoms with Crippen LogP contribution in [0.15, 0.2) is 66.7 Å². The zero-order valence-corrected chi connectivity index (χ0v) is 17.9. The molecule has 8 heteroatoms. The number of benzene rings is 3. The zero-order chi connectivity index (χ0) is 23.8. The van der Waals surface area contributed by atoms with E-state index in [-0.39, 0.29) is 27.7 Å². The van der Waals surface area contributed by atoms with Crippen LogP contribution in [-0.2, 0) is 11.0 Å². The van der Waals surface area contributed by atoms with E-state index in [2.05, 4.69) is 0 Å². The van der Waals surface area contributed by atoms with Crippen molar-refractivity contribution in [3.05, 3.63) is 83.7 Å². The van der Waals surface area contributed by atoms with Crippen molar-refractivity contribution in [3.8, 4) is 27.7 Å². The largest absolute Gasteiger partial charge is 0.508 e. The first-order chi connectivity index (χ1) is 15.6. The Kier molecular flexibility index (Phi) is 5.95. The standard InChI is InChI=1S/C25H16F4O3S/c1-14(30)2-3-15-4-8-18(9-5-15)32-23-20-11-7-17(31)13-22(20)33-24(23)19-10-6-16(26)12-21(19)25(27,28)29/h2-13,31H,1H3/b3-2+. The average molecular weight is 472 g/mol. The Morgan fingerprint density at radius 3 is 2.42 bits per heavy atom. The van der Waals surface area contributed by atoms with Gasteiger partial charge < -0.3 is 9.84 Å². The van der Waals surface area contributed by atoms with Gasteiger partial charge in [0, 0.05) is 15.6 Å². The second-order valence-electron chi connectivity index (χ2n) is 7.24. The highest BCUT2D eigenvalue weighted by atomic mass is 32.1. The van der Waals surface area contributed by atoms with Crippen LogP contribution >= 0.6 is 11.3 Å². The van der Waals surface area contributed by atoms with Crippen molar-refractivity contribution < 1.29 is 32.2 Å². The van der Waals surface area contributed by atoms with Gasteiger partial charge in [-0.2, -0.15) is 13.2 Å². The smallest absolute Gasteiger partial charge is 0.417 e.